The van der Waals surface area contributed by atoms with E-state index >= 15 is 0 Å². The maximum Gasteiger partial charge on any atom is 0.0774 e. The molecule has 0 radical (unpaired) electrons. The average Bonchev–Trinajstić information content (AvgIpc) is 2.38. The van der Waals surface area contributed by atoms with E-state index in [1.165, 1.54) is 38.5 Å². The van der Waals surface area contributed by atoms with E-state index in [-0.39, 0.29) is 5.60 Å². The van der Waals surface area contributed by atoms with Crippen molar-refractivity contribution in [3.05, 3.63) is 0 Å². The summed E-state index contributed by atoms with van der Waals surface area (Å²) < 4.78 is 12.9. The van der Waals surface area contributed by atoms with Gasteiger partial charge in [-0.15, -0.1) is 0 Å². The molecule has 0 aromatic carbocycles. The van der Waals surface area contributed by atoms with Gasteiger partial charge in [-0.1, -0.05) is 42.4 Å². The van der Waals surface area contributed by atoms with Crippen molar-refractivity contribution in [2.24, 2.45) is 11.8 Å². The summed E-state index contributed by atoms with van der Waals surface area (Å²) in [7, 11) is 0. The topological polar surface area (TPSA) is 18.5 Å². The third kappa shape index (κ3) is 4.06. The summed E-state index contributed by atoms with van der Waals surface area (Å²) in [6, 6.07) is 0. The number of alkyl halides is 1. The minimum absolute atomic E-state index is 0.191. The lowest BCUT2D eigenvalue weighted by Gasteiger charge is -2.40. The van der Waals surface area contributed by atoms with Crippen LogP contribution < -0.4 is 0 Å². The number of hydrogen-bond donors (Lipinski definition) is 0. The largest absolute Gasteiger partial charge is 0.381 e. The van der Waals surface area contributed by atoms with Gasteiger partial charge in [0.15, 0.2) is 0 Å². The fraction of sp³-hybridized carbons (Fsp3) is 1.00. The molecule has 1 heterocycles. The Morgan fingerprint density at radius 2 is 2.06 bits per heavy atom. The molecule has 0 bridgehead atoms. The molecule has 2 aliphatic rings. The monoisotopic (exact) mass is 352 g/mol. The molecule has 3 heteroatoms. The van der Waals surface area contributed by atoms with Gasteiger partial charge in [-0.25, -0.2) is 0 Å². The van der Waals surface area contributed by atoms with Crippen LogP contribution in [0.4, 0.5) is 0 Å². The fourth-order valence-corrected chi connectivity index (χ4v) is 4.02. The first kappa shape index (κ1) is 14.1. The number of halogens is 1. The van der Waals surface area contributed by atoms with Gasteiger partial charge in [-0.3, -0.25) is 0 Å². The van der Waals surface area contributed by atoms with Gasteiger partial charge in [-0.05, 0) is 37.5 Å². The molecule has 1 aliphatic carbocycles. The van der Waals surface area contributed by atoms with Crippen LogP contribution in [0.3, 0.4) is 0 Å². The normalized spacial score (nSPS) is 36.0. The van der Waals surface area contributed by atoms with Crippen LogP contribution in [-0.4, -0.2) is 29.8 Å². The SMILES string of the molecule is CC1CCCC(CI)(OCC2CCOCC2)C1. The molecule has 0 aromatic heterocycles. The molecule has 100 valence electrons. The van der Waals surface area contributed by atoms with Crippen LogP contribution in [0.5, 0.6) is 0 Å². The highest BCUT2D eigenvalue weighted by Gasteiger charge is 2.35. The molecular weight excluding hydrogens is 327 g/mol. The molecule has 0 N–H and O–H groups in total. The molecule has 2 fully saturated rings. The van der Waals surface area contributed by atoms with Crippen molar-refractivity contribution < 1.29 is 9.47 Å². The smallest absolute Gasteiger partial charge is 0.0774 e. The fourth-order valence-electron chi connectivity index (χ4n) is 3.11. The predicted molar refractivity (Wildman–Crippen MR) is 78.7 cm³/mol. The minimum Gasteiger partial charge on any atom is -0.381 e. The van der Waals surface area contributed by atoms with E-state index in [0.29, 0.717) is 0 Å². The van der Waals surface area contributed by atoms with E-state index in [2.05, 4.69) is 29.5 Å². The molecule has 1 saturated heterocycles. The molecule has 17 heavy (non-hydrogen) atoms. The summed E-state index contributed by atoms with van der Waals surface area (Å²) in [5.41, 5.74) is 0.191. The summed E-state index contributed by atoms with van der Waals surface area (Å²) in [6.07, 6.45) is 7.64. The molecule has 2 unspecified atom stereocenters. The lowest BCUT2D eigenvalue weighted by molar-refractivity contribution is -0.0870. The van der Waals surface area contributed by atoms with E-state index < -0.39 is 0 Å². The second-order valence-electron chi connectivity index (χ2n) is 5.88. The van der Waals surface area contributed by atoms with Crippen molar-refractivity contribution in [2.45, 2.75) is 51.0 Å². The second kappa shape index (κ2) is 6.71. The van der Waals surface area contributed by atoms with Crippen LogP contribution in [0.1, 0.15) is 45.4 Å². The first-order valence-corrected chi connectivity index (χ1v) is 8.54. The second-order valence-corrected chi connectivity index (χ2v) is 6.65. The summed E-state index contributed by atoms with van der Waals surface area (Å²) in [4.78, 5) is 0. The number of rotatable bonds is 4. The first-order chi connectivity index (χ1) is 8.24. The Hall–Kier alpha value is 0.650. The Balaban J connectivity index is 1.81. The third-order valence-electron chi connectivity index (χ3n) is 4.26. The van der Waals surface area contributed by atoms with Crippen molar-refractivity contribution >= 4 is 22.6 Å². The number of ether oxygens (including phenoxy) is 2. The summed E-state index contributed by atoms with van der Waals surface area (Å²) in [5.74, 6) is 1.58. The summed E-state index contributed by atoms with van der Waals surface area (Å²) in [5, 5.41) is 0. The molecule has 1 aliphatic heterocycles. The number of hydrogen-bond acceptors (Lipinski definition) is 2. The van der Waals surface area contributed by atoms with Gasteiger partial charge in [0, 0.05) is 17.6 Å². The van der Waals surface area contributed by atoms with Crippen molar-refractivity contribution in [1.29, 1.82) is 0 Å². The van der Waals surface area contributed by atoms with Crippen molar-refractivity contribution in [2.75, 3.05) is 24.2 Å². The molecule has 2 atom stereocenters. The van der Waals surface area contributed by atoms with E-state index in [0.717, 1.165) is 36.1 Å². The van der Waals surface area contributed by atoms with Crippen molar-refractivity contribution in [3.63, 3.8) is 0 Å². The third-order valence-corrected chi connectivity index (χ3v) is 5.65. The van der Waals surface area contributed by atoms with Gasteiger partial charge in [-0.2, -0.15) is 0 Å². The molecule has 1 saturated carbocycles. The van der Waals surface area contributed by atoms with Gasteiger partial charge in [0.25, 0.3) is 0 Å². The summed E-state index contributed by atoms with van der Waals surface area (Å²) >= 11 is 2.51. The van der Waals surface area contributed by atoms with Crippen LogP contribution in [0.25, 0.3) is 0 Å². The Morgan fingerprint density at radius 3 is 2.71 bits per heavy atom. The Kier molecular flexibility index (Phi) is 5.55. The van der Waals surface area contributed by atoms with E-state index in [9.17, 15) is 0 Å². The zero-order chi connectivity index (χ0) is 12.1. The maximum atomic E-state index is 6.37. The van der Waals surface area contributed by atoms with Gasteiger partial charge in [0.05, 0.1) is 12.2 Å². The van der Waals surface area contributed by atoms with Crippen LogP contribution in [-0.2, 0) is 9.47 Å². The first-order valence-electron chi connectivity index (χ1n) is 7.02. The van der Waals surface area contributed by atoms with E-state index in [4.69, 9.17) is 9.47 Å². The van der Waals surface area contributed by atoms with Gasteiger partial charge in [0.2, 0.25) is 0 Å². The quantitative estimate of drug-likeness (QED) is 0.566. The molecule has 0 aromatic rings. The van der Waals surface area contributed by atoms with Crippen LogP contribution in [0.15, 0.2) is 0 Å². The van der Waals surface area contributed by atoms with E-state index in [1.807, 2.05) is 0 Å². The Labute approximate surface area is 119 Å². The average molecular weight is 352 g/mol. The predicted octanol–water partition coefficient (Wildman–Crippen LogP) is 3.81. The van der Waals surface area contributed by atoms with E-state index in [1.54, 1.807) is 0 Å². The zero-order valence-electron chi connectivity index (χ0n) is 10.9. The lowest BCUT2D eigenvalue weighted by Crippen LogP contribution is -2.41. The highest BCUT2D eigenvalue weighted by Crippen LogP contribution is 2.37. The molecular formula is C14H25IO2. The minimum atomic E-state index is 0.191. The lowest BCUT2D eigenvalue weighted by atomic mass is 9.80. The van der Waals surface area contributed by atoms with Gasteiger partial charge >= 0.3 is 0 Å². The highest BCUT2D eigenvalue weighted by atomic mass is 127. The standard InChI is InChI=1S/C14H25IO2/c1-12-3-2-6-14(9-12,11-15)17-10-13-4-7-16-8-5-13/h12-13H,2-11H2,1H3. The van der Waals surface area contributed by atoms with Crippen molar-refractivity contribution in [3.8, 4) is 0 Å². The maximum absolute atomic E-state index is 6.37. The van der Waals surface area contributed by atoms with Crippen LogP contribution in [0, 0.1) is 11.8 Å². The van der Waals surface area contributed by atoms with Crippen LogP contribution in [0.2, 0.25) is 0 Å². The Bertz CT molecular complexity index is 228. The van der Waals surface area contributed by atoms with Crippen molar-refractivity contribution in [1.82, 2.24) is 0 Å². The molecule has 0 spiro atoms. The summed E-state index contributed by atoms with van der Waals surface area (Å²) in [6.45, 7) is 5.19. The molecule has 2 nitrogen and oxygen atoms in total. The zero-order valence-corrected chi connectivity index (χ0v) is 13.1. The molecule has 0 amide bonds. The van der Waals surface area contributed by atoms with Gasteiger partial charge < -0.3 is 9.47 Å². The Morgan fingerprint density at radius 1 is 1.29 bits per heavy atom. The van der Waals surface area contributed by atoms with Gasteiger partial charge in [0.1, 0.15) is 0 Å². The highest BCUT2D eigenvalue weighted by molar-refractivity contribution is 14.1. The molecule has 2 rings (SSSR count). The van der Waals surface area contributed by atoms with Crippen LogP contribution >= 0.6 is 22.6 Å².